The molecule has 30 heavy (non-hydrogen) atoms. The number of rotatable bonds is 5. The molecule has 1 saturated heterocycles. The monoisotopic (exact) mass is 412 g/mol. The van der Waals surface area contributed by atoms with E-state index in [4.69, 9.17) is 9.47 Å². The first-order chi connectivity index (χ1) is 14.4. The van der Waals surface area contributed by atoms with E-state index < -0.39 is 16.9 Å². The van der Waals surface area contributed by atoms with E-state index in [1.54, 1.807) is 0 Å². The summed E-state index contributed by atoms with van der Waals surface area (Å²) in [6.45, 7) is 10.3. The zero-order valence-corrected chi connectivity index (χ0v) is 17.7. The van der Waals surface area contributed by atoms with Crippen LogP contribution < -0.4 is 16.1 Å². The van der Waals surface area contributed by atoms with Crippen LogP contribution in [0.1, 0.15) is 20.8 Å². The SMILES string of the molecule is CC(C)(C)n1c(=O)[nH]n(-c2ccc(OCCN3CCOCC3)c3ccccc23)c1=O. The topological polar surface area (TPSA) is 81.5 Å². The molecule has 0 radical (unpaired) electrons. The fourth-order valence-corrected chi connectivity index (χ4v) is 3.82. The van der Waals surface area contributed by atoms with E-state index in [1.807, 2.05) is 57.2 Å². The summed E-state index contributed by atoms with van der Waals surface area (Å²) in [5, 5.41) is 4.42. The van der Waals surface area contributed by atoms with E-state index in [0.717, 1.165) is 49.4 Å². The van der Waals surface area contributed by atoms with Gasteiger partial charge in [-0.05, 0) is 32.9 Å². The third kappa shape index (κ3) is 3.93. The number of morpholine rings is 1. The molecule has 0 unspecified atom stereocenters. The van der Waals surface area contributed by atoms with Crippen molar-refractivity contribution in [3.63, 3.8) is 0 Å². The van der Waals surface area contributed by atoms with Gasteiger partial charge in [0.15, 0.2) is 0 Å². The average molecular weight is 412 g/mol. The predicted octanol–water partition coefficient (Wildman–Crippen LogP) is 1.95. The lowest BCUT2D eigenvalue weighted by Gasteiger charge is -2.26. The molecule has 3 aromatic rings. The first-order valence-electron chi connectivity index (χ1n) is 10.3. The van der Waals surface area contributed by atoms with Crippen molar-refractivity contribution < 1.29 is 9.47 Å². The minimum Gasteiger partial charge on any atom is -0.492 e. The highest BCUT2D eigenvalue weighted by molar-refractivity contribution is 5.94. The lowest BCUT2D eigenvalue weighted by molar-refractivity contribution is 0.0323. The molecule has 1 N–H and O–H groups in total. The van der Waals surface area contributed by atoms with Crippen LogP contribution >= 0.6 is 0 Å². The van der Waals surface area contributed by atoms with Crippen LogP contribution in [0.15, 0.2) is 46.0 Å². The first kappa shape index (κ1) is 20.4. The van der Waals surface area contributed by atoms with Gasteiger partial charge in [0.25, 0.3) is 0 Å². The van der Waals surface area contributed by atoms with Crippen molar-refractivity contribution in [1.29, 1.82) is 0 Å². The largest absolute Gasteiger partial charge is 0.492 e. The quantitative estimate of drug-likeness (QED) is 0.693. The molecule has 160 valence electrons. The second-order valence-corrected chi connectivity index (χ2v) is 8.47. The number of nitrogens with one attached hydrogen (secondary N) is 1. The fraction of sp³-hybridized carbons (Fsp3) is 0.455. The van der Waals surface area contributed by atoms with Gasteiger partial charge < -0.3 is 9.47 Å². The van der Waals surface area contributed by atoms with Gasteiger partial charge in [0.1, 0.15) is 12.4 Å². The highest BCUT2D eigenvalue weighted by Crippen LogP contribution is 2.30. The van der Waals surface area contributed by atoms with Gasteiger partial charge >= 0.3 is 11.4 Å². The Morgan fingerprint density at radius 3 is 2.40 bits per heavy atom. The summed E-state index contributed by atoms with van der Waals surface area (Å²) in [6, 6.07) is 11.4. The molecule has 8 nitrogen and oxygen atoms in total. The van der Waals surface area contributed by atoms with Crippen LogP contribution in [0.2, 0.25) is 0 Å². The van der Waals surface area contributed by atoms with E-state index in [1.165, 1.54) is 9.25 Å². The van der Waals surface area contributed by atoms with Crippen molar-refractivity contribution in [2.75, 3.05) is 39.5 Å². The number of fused-ring (bicyclic) bond motifs is 1. The van der Waals surface area contributed by atoms with Crippen molar-refractivity contribution in [1.82, 2.24) is 19.2 Å². The molecule has 2 aromatic carbocycles. The van der Waals surface area contributed by atoms with Crippen LogP contribution in [-0.4, -0.2) is 58.7 Å². The number of benzene rings is 2. The second kappa shape index (κ2) is 8.12. The second-order valence-electron chi connectivity index (χ2n) is 8.47. The van der Waals surface area contributed by atoms with E-state index >= 15 is 0 Å². The highest BCUT2D eigenvalue weighted by Gasteiger charge is 2.23. The molecule has 0 saturated carbocycles. The number of H-pyrrole nitrogens is 1. The molecule has 4 rings (SSSR count). The molecule has 1 aliphatic heterocycles. The van der Waals surface area contributed by atoms with Crippen molar-refractivity contribution in [2.24, 2.45) is 0 Å². The normalized spacial score (nSPS) is 15.6. The van der Waals surface area contributed by atoms with Gasteiger partial charge in [-0.25, -0.2) is 23.9 Å². The minimum atomic E-state index is -0.617. The van der Waals surface area contributed by atoms with Crippen LogP contribution in [0, 0.1) is 0 Å². The zero-order valence-electron chi connectivity index (χ0n) is 17.7. The molecule has 1 fully saturated rings. The van der Waals surface area contributed by atoms with Gasteiger partial charge in [-0.3, -0.25) is 4.90 Å². The summed E-state index contributed by atoms with van der Waals surface area (Å²) in [5.41, 5.74) is -0.814. The van der Waals surface area contributed by atoms with E-state index in [2.05, 4.69) is 10.00 Å². The van der Waals surface area contributed by atoms with Crippen LogP contribution in [0.4, 0.5) is 0 Å². The molecule has 0 atom stereocenters. The Morgan fingerprint density at radius 2 is 1.73 bits per heavy atom. The molecule has 0 bridgehead atoms. The Labute approximate surface area is 174 Å². The van der Waals surface area contributed by atoms with Crippen molar-refractivity contribution in [2.45, 2.75) is 26.3 Å². The molecule has 8 heteroatoms. The average Bonchev–Trinajstić information content (AvgIpc) is 3.03. The molecule has 0 aliphatic carbocycles. The summed E-state index contributed by atoms with van der Waals surface area (Å²) in [5.74, 6) is 0.758. The lowest BCUT2D eigenvalue weighted by Crippen LogP contribution is -2.40. The Morgan fingerprint density at radius 1 is 1.03 bits per heavy atom. The number of aromatic amines is 1. The van der Waals surface area contributed by atoms with Crippen molar-refractivity contribution in [3.05, 3.63) is 57.4 Å². The van der Waals surface area contributed by atoms with Crippen LogP contribution in [0.3, 0.4) is 0 Å². The summed E-state index contributed by atoms with van der Waals surface area (Å²) >= 11 is 0. The van der Waals surface area contributed by atoms with Gasteiger partial charge in [-0.15, -0.1) is 0 Å². The minimum absolute atomic E-state index is 0.390. The smallest absolute Gasteiger partial charge is 0.352 e. The standard InChI is InChI=1S/C22H28N4O4/c1-22(2,3)25-20(27)23-26(21(25)28)18-8-9-19(17-7-5-4-6-16(17)18)30-15-12-24-10-13-29-14-11-24/h4-9H,10-15H2,1-3H3,(H,23,27). The van der Waals surface area contributed by atoms with Crippen molar-refractivity contribution in [3.8, 4) is 11.4 Å². The first-order valence-corrected chi connectivity index (χ1v) is 10.3. The summed E-state index contributed by atoms with van der Waals surface area (Å²) < 4.78 is 14.0. The summed E-state index contributed by atoms with van der Waals surface area (Å²) in [7, 11) is 0. The summed E-state index contributed by atoms with van der Waals surface area (Å²) in [6.07, 6.45) is 0. The van der Waals surface area contributed by atoms with E-state index in [0.29, 0.717) is 12.3 Å². The number of aromatic nitrogens is 3. The van der Waals surface area contributed by atoms with Gasteiger partial charge in [0.2, 0.25) is 0 Å². The van der Waals surface area contributed by atoms with Crippen LogP contribution in [-0.2, 0) is 10.3 Å². The molecule has 0 amide bonds. The molecule has 1 aromatic heterocycles. The molecular weight excluding hydrogens is 384 g/mol. The third-order valence-corrected chi connectivity index (χ3v) is 5.33. The Bertz CT molecular complexity index is 1150. The maximum absolute atomic E-state index is 13.0. The lowest BCUT2D eigenvalue weighted by atomic mass is 10.1. The van der Waals surface area contributed by atoms with E-state index in [9.17, 15) is 9.59 Å². The molecule has 2 heterocycles. The number of ether oxygens (including phenoxy) is 2. The predicted molar refractivity (Wildman–Crippen MR) is 116 cm³/mol. The van der Waals surface area contributed by atoms with Crippen LogP contribution in [0.5, 0.6) is 5.75 Å². The molecular formula is C22H28N4O4. The van der Waals surface area contributed by atoms with Crippen LogP contribution in [0.25, 0.3) is 16.5 Å². The van der Waals surface area contributed by atoms with Crippen molar-refractivity contribution >= 4 is 10.8 Å². The summed E-state index contributed by atoms with van der Waals surface area (Å²) in [4.78, 5) is 27.7. The fourth-order valence-electron chi connectivity index (χ4n) is 3.82. The zero-order chi connectivity index (χ0) is 21.3. The van der Waals surface area contributed by atoms with Gasteiger partial charge in [-0.2, -0.15) is 0 Å². The Kier molecular flexibility index (Phi) is 5.53. The molecule has 0 spiro atoms. The maximum atomic E-state index is 13.0. The molecule has 1 aliphatic rings. The van der Waals surface area contributed by atoms with Gasteiger partial charge in [0, 0.05) is 35.9 Å². The number of hydrogen-bond donors (Lipinski definition) is 1. The Balaban J connectivity index is 1.66. The number of hydrogen-bond acceptors (Lipinski definition) is 5. The number of nitrogens with zero attached hydrogens (tertiary/aromatic N) is 3. The van der Waals surface area contributed by atoms with Gasteiger partial charge in [0.05, 0.1) is 18.9 Å². The maximum Gasteiger partial charge on any atom is 0.352 e. The highest BCUT2D eigenvalue weighted by atomic mass is 16.5. The third-order valence-electron chi connectivity index (χ3n) is 5.33. The van der Waals surface area contributed by atoms with E-state index in [-0.39, 0.29) is 0 Å². The van der Waals surface area contributed by atoms with Gasteiger partial charge in [-0.1, -0.05) is 24.3 Å². The Hall–Kier alpha value is -2.84.